The molecule has 0 N–H and O–H groups in total. The second kappa shape index (κ2) is 9.85. The number of benzene rings is 3. The van der Waals surface area contributed by atoms with Gasteiger partial charge in [0.2, 0.25) is 0 Å². The van der Waals surface area contributed by atoms with Gasteiger partial charge in [0.05, 0.1) is 24.3 Å². The van der Waals surface area contributed by atoms with Crippen LogP contribution in [0.3, 0.4) is 0 Å². The molecule has 29 heavy (non-hydrogen) atoms. The van der Waals surface area contributed by atoms with Crippen molar-refractivity contribution in [3.05, 3.63) is 103 Å². The van der Waals surface area contributed by atoms with E-state index in [1.54, 1.807) is 0 Å². The molecule has 0 aliphatic rings. The number of aryl methyl sites for hydroxylation is 1. The number of nitrogens with zero attached hydrogens (tertiary/aromatic N) is 2. The maximum Gasteiger partial charge on any atom is 0.0963 e. The van der Waals surface area contributed by atoms with E-state index in [1.165, 1.54) is 16.8 Å². The second-order valence-electron chi connectivity index (χ2n) is 7.11. The molecule has 0 bridgehead atoms. The molecule has 0 amide bonds. The van der Waals surface area contributed by atoms with Crippen LogP contribution in [0.4, 0.5) is 0 Å². The van der Waals surface area contributed by atoms with Crippen molar-refractivity contribution < 1.29 is 4.74 Å². The summed E-state index contributed by atoms with van der Waals surface area (Å²) >= 11 is 0. The van der Waals surface area contributed by atoms with Crippen molar-refractivity contribution in [1.82, 2.24) is 9.55 Å². The zero-order chi connectivity index (χ0) is 19.7. The number of hydrogen-bond donors (Lipinski definition) is 0. The average molecular weight is 383 g/mol. The highest BCUT2D eigenvalue weighted by Crippen LogP contribution is 2.31. The lowest BCUT2D eigenvalue weighted by Crippen LogP contribution is -2.02. The highest BCUT2D eigenvalue weighted by atomic mass is 16.5. The summed E-state index contributed by atoms with van der Waals surface area (Å²) in [6.07, 6.45) is 4.05. The minimum atomic E-state index is 0.680. The summed E-state index contributed by atoms with van der Waals surface area (Å²) in [7, 11) is 0. The predicted octanol–water partition coefficient (Wildman–Crippen LogP) is 6.21. The molecule has 0 aliphatic carbocycles. The zero-order valence-electron chi connectivity index (χ0n) is 16.6. The van der Waals surface area contributed by atoms with Crippen molar-refractivity contribution in [3.63, 3.8) is 0 Å². The molecular formula is C26H26N2O. The normalized spacial score (nSPS) is 10.9. The Bertz CT molecular complexity index is 995. The van der Waals surface area contributed by atoms with E-state index >= 15 is 0 Å². The van der Waals surface area contributed by atoms with Gasteiger partial charge in [0.15, 0.2) is 0 Å². The quantitative estimate of drug-likeness (QED) is 0.322. The minimum absolute atomic E-state index is 0.680. The van der Waals surface area contributed by atoms with Crippen LogP contribution in [0, 0.1) is 0 Å². The summed E-state index contributed by atoms with van der Waals surface area (Å²) in [5.74, 6) is 0. The molecule has 3 heteroatoms. The number of rotatable bonds is 9. The molecule has 0 atom stereocenters. The molecule has 0 aliphatic heterocycles. The fourth-order valence-corrected chi connectivity index (χ4v) is 3.51. The number of aromatic nitrogens is 2. The lowest BCUT2D eigenvalue weighted by atomic mass is 10.0. The minimum Gasteiger partial charge on any atom is -0.377 e. The first-order chi connectivity index (χ1) is 14.4. The van der Waals surface area contributed by atoms with Crippen molar-refractivity contribution in [1.29, 1.82) is 0 Å². The summed E-state index contributed by atoms with van der Waals surface area (Å²) in [5.41, 5.74) is 5.79. The highest BCUT2D eigenvalue weighted by Gasteiger charge is 2.14. The van der Waals surface area contributed by atoms with Crippen LogP contribution in [-0.2, 0) is 17.9 Å². The first-order valence-corrected chi connectivity index (χ1v) is 10.2. The molecule has 0 saturated carbocycles. The van der Waals surface area contributed by atoms with Gasteiger partial charge in [-0.2, -0.15) is 0 Å². The maximum atomic E-state index is 5.82. The monoisotopic (exact) mass is 382 g/mol. The second-order valence-corrected chi connectivity index (χ2v) is 7.11. The Morgan fingerprint density at radius 2 is 1.31 bits per heavy atom. The third-order valence-corrected chi connectivity index (χ3v) is 4.98. The van der Waals surface area contributed by atoms with Gasteiger partial charge in [0, 0.05) is 24.3 Å². The highest BCUT2D eigenvalue weighted by molar-refractivity contribution is 5.78. The number of hydrogen-bond acceptors (Lipinski definition) is 2. The average Bonchev–Trinajstić information content (AvgIpc) is 3.22. The number of unbranched alkanes of at least 4 members (excludes halogenated alkanes) is 1. The Labute approximate surface area is 172 Å². The van der Waals surface area contributed by atoms with Gasteiger partial charge in [-0.1, -0.05) is 91.0 Å². The summed E-state index contributed by atoms with van der Waals surface area (Å²) in [5, 5.41) is 0. The van der Waals surface area contributed by atoms with Crippen LogP contribution in [0.5, 0.6) is 0 Å². The Morgan fingerprint density at radius 1 is 0.690 bits per heavy atom. The Kier molecular flexibility index (Phi) is 6.51. The van der Waals surface area contributed by atoms with Crippen molar-refractivity contribution in [3.8, 4) is 22.5 Å². The van der Waals surface area contributed by atoms with Crippen LogP contribution in [0.1, 0.15) is 18.4 Å². The molecule has 0 radical (unpaired) electrons. The van der Waals surface area contributed by atoms with Crippen LogP contribution in [0.25, 0.3) is 22.5 Å². The molecule has 4 aromatic rings. The van der Waals surface area contributed by atoms with E-state index in [0.29, 0.717) is 6.61 Å². The van der Waals surface area contributed by atoms with Gasteiger partial charge in [-0.05, 0) is 18.4 Å². The SMILES string of the molecule is c1ccc(COCCCCn2cnc(-c3ccccc3)c2-c2ccccc2)cc1. The van der Waals surface area contributed by atoms with E-state index < -0.39 is 0 Å². The predicted molar refractivity (Wildman–Crippen MR) is 118 cm³/mol. The van der Waals surface area contributed by atoms with E-state index in [1.807, 2.05) is 30.6 Å². The van der Waals surface area contributed by atoms with Crippen LogP contribution in [0.2, 0.25) is 0 Å². The van der Waals surface area contributed by atoms with Crippen molar-refractivity contribution in [2.24, 2.45) is 0 Å². The third kappa shape index (κ3) is 5.01. The van der Waals surface area contributed by atoms with E-state index in [4.69, 9.17) is 9.72 Å². The van der Waals surface area contributed by atoms with E-state index in [0.717, 1.165) is 37.3 Å². The lowest BCUT2D eigenvalue weighted by Gasteiger charge is -2.11. The molecular weight excluding hydrogens is 356 g/mol. The summed E-state index contributed by atoms with van der Waals surface area (Å²) in [6.45, 7) is 2.38. The zero-order valence-corrected chi connectivity index (χ0v) is 16.6. The largest absolute Gasteiger partial charge is 0.377 e. The smallest absolute Gasteiger partial charge is 0.0963 e. The van der Waals surface area contributed by atoms with Crippen LogP contribution >= 0.6 is 0 Å². The Balaban J connectivity index is 1.40. The van der Waals surface area contributed by atoms with Crippen molar-refractivity contribution >= 4 is 0 Å². The standard InChI is InChI=1S/C26H26N2O/c1-4-12-22(13-5-1)20-29-19-11-10-18-28-21-27-25(23-14-6-2-7-15-23)26(28)24-16-8-3-9-17-24/h1-9,12-17,21H,10-11,18-20H2. The maximum absolute atomic E-state index is 5.82. The molecule has 1 aromatic heterocycles. The fraction of sp³-hybridized carbons (Fsp3) is 0.192. The van der Waals surface area contributed by atoms with Gasteiger partial charge in [0.1, 0.15) is 0 Å². The van der Waals surface area contributed by atoms with Crippen molar-refractivity contribution in [2.45, 2.75) is 26.0 Å². The molecule has 0 spiro atoms. The van der Waals surface area contributed by atoms with Gasteiger partial charge in [-0.15, -0.1) is 0 Å². The topological polar surface area (TPSA) is 27.1 Å². The van der Waals surface area contributed by atoms with Crippen LogP contribution < -0.4 is 0 Å². The van der Waals surface area contributed by atoms with Crippen LogP contribution in [0.15, 0.2) is 97.3 Å². The van der Waals surface area contributed by atoms with E-state index in [-0.39, 0.29) is 0 Å². The molecule has 1 heterocycles. The fourth-order valence-electron chi connectivity index (χ4n) is 3.51. The molecule has 0 unspecified atom stereocenters. The summed E-state index contributed by atoms with van der Waals surface area (Å²) in [4.78, 5) is 4.75. The van der Waals surface area contributed by atoms with Gasteiger partial charge in [0.25, 0.3) is 0 Å². The summed E-state index contributed by atoms with van der Waals surface area (Å²) < 4.78 is 8.09. The molecule has 146 valence electrons. The van der Waals surface area contributed by atoms with Crippen LogP contribution in [-0.4, -0.2) is 16.2 Å². The molecule has 4 rings (SSSR count). The van der Waals surface area contributed by atoms with E-state index in [9.17, 15) is 0 Å². The first kappa shape index (κ1) is 19.2. The number of ether oxygens (including phenoxy) is 1. The van der Waals surface area contributed by atoms with Gasteiger partial charge < -0.3 is 9.30 Å². The Hall–Kier alpha value is -3.17. The molecule has 0 fully saturated rings. The Morgan fingerprint density at radius 3 is 2.00 bits per heavy atom. The molecule has 0 saturated heterocycles. The van der Waals surface area contributed by atoms with Gasteiger partial charge in [-0.25, -0.2) is 4.98 Å². The van der Waals surface area contributed by atoms with Gasteiger partial charge in [-0.3, -0.25) is 0 Å². The van der Waals surface area contributed by atoms with E-state index in [2.05, 4.69) is 71.3 Å². The first-order valence-electron chi connectivity index (χ1n) is 10.2. The number of imidazole rings is 1. The molecule has 3 aromatic carbocycles. The van der Waals surface area contributed by atoms with Crippen molar-refractivity contribution in [2.75, 3.05) is 6.61 Å². The summed E-state index contributed by atoms with van der Waals surface area (Å²) in [6, 6.07) is 31.3. The lowest BCUT2D eigenvalue weighted by molar-refractivity contribution is 0.116. The molecule has 3 nitrogen and oxygen atoms in total. The third-order valence-electron chi connectivity index (χ3n) is 4.98. The van der Waals surface area contributed by atoms with Gasteiger partial charge >= 0.3 is 0 Å².